The highest BCUT2D eigenvalue weighted by atomic mass is 32.2. The molecule has 1 aromatic rings. The van der Waals surface area contributed by atoms with Gasteiger partial charge in [-0.05, 0) is 30.9 Å². The van der Waals surface area contributed by atoms with Crippen LogP contribution < -0.4 is 5.73 Å². The van der Waals surface area contributed by atoms with E-state index in [9.17, 15) is 5.11 Å². The number of nitrogens with two attached hydrogens (primary N) is 1. The maximum Gasteiger partial charge on any atom is 0.0568 e. The largest absolute Gasteiger partial charge is 0.395 e. The summed E-state index contributed by atoms with van der Waals surface area (Å²) >= 11 is 1.69. The molecule has 3 heteroatoms. The van der Waals surface area contributed by atoms with E-state index < -0.39 is 0 Å². The van der Waals surface area contributed by atoms with E-state index in [1.165, 1.54) is 16.0 Å². The van der Waals surface area contributed by atoms with E-state index in [4.69, 9.17) is 5.73 Å². The average molecular weight is 267 g/mol. The lowest BCUT2D eigenvalue weighted by Gasteiger charge is -2.33. The van der Waals surface area contributed by atoms with Crippen molar-refractivity contribution in [2.45, 2.75) is 50.8 Å². The lowest BCUT2D eigenvalue weighted by Crippen LogP contribution is -2.45. The van der Waals surface area contributed by atoms with Crippen LogP contribution in [0.1, 0.15) is 31.9 Å². The predicted molar refractivity (Wildman–Crippen MR) is 80.1 cm³/mol. The number of aliphatic hydroxyl groups excluding tert-OH is 1. The molecule has 2 atom stereocenters. The molecule has 0 aliphatic rings. The summed E-state index contributed by atoms with van der Waals surface area (Å²) in [7, 11) is 0. The number of benzene rings is 1. The Bertz CT molecular complexity index is 398. The Labute approximate surface area is 115 Å². The van der Waals surface area contributed by atoms with Crippen LogP contribution in [0.2, 0.25) is 0 Å². The van der Waals surface area contributed by atoms with Gasteiger partial charge in [0, 0.05) is 16.2 Å². The second-order valence-electron chi connectivity index (χ2n) is 6.00. The molecule has 0 fully saturated rings. The molecular formula is C15H25NOS. The van der Waals surface area contributed by atoms with Crippen LogP contribution in [-0.4, -0.2) is 23.0 Å². The van der Waals surface area contributed by atoms with Crippen molar-refractivity contribution in [3.05, 3.63) is 29.3 Å². The van der Waals surface area contributed by atoms with Crippen LogP contribution >= 0.6 is 11.8 Å². The number of aliphatic hydroxyl groups is 1. The fourth-order valence-electron chi connectivity index (χ4n) is 1.78. The first-order valence-corrected chi connectivity index (χ1v) is 7.24. The Morgan fingerprint density at radius 1 is 1.28 bits per heavy atom. The monoisotopic (exact) mass is 267 g/mol. The third-order valence-electron chi connectivity index (χ3n) is 3.20. The normalized spacial score (nSPS) is 15.5. The number of rotatable bonds is 4. The van der Waals surface area contributed by atoms with Gasteiger partial charge in [-0.1, -0.05) is 38.5 Å². The topological polar surface area (TPSA) is 46.2 Å². The molecule has 0 radical (unpaired) electrons. The van der Waals surface area contributed by atoms with Crippen LogP contribution in [0.15, 0.2) is 23.1 Å². The zero-order valence-electron chi connectivity index (χ0n) is 12.0. The van der Waals surface area contributed by atoms with Crippen LogP contribution in [0.4, 0.5) is 0 Å². The molecule has 0 amide bonds. The summed E-state index contributed by atoms with van der Waals surface area (Å²) in [5.74, 6) is 0. The van der Waals surface area contributed by atoms with Crippen LogP contribution in [0.25, 0.3) is 0 Å². The SMILES string of the molecule is Cc1ccc(C)c(SC(CO)C(N)C(C)(C)C)c1. The fraction of sp³-hybridized carbons (Fsp3) is 0.600. The van der Waals surface area contributed by atoms with Crippen molar-refractivity contribution in [3.63, 3.8) is 0 Å². The molecular weight excluding hydrogens is 242 g/mol. The van der Waals surface area contributed by atoms with Gasteiger partial charge in [0.15, 0.2) is 0 Å². The summed E-state index contributed by atoms with van der Waals surface area (Å²) in [6, 6.07) is 6.36. The molecule has 0 aliphatic heterocycles. The minimum atomic E-state index is -0.0348. The molecule has 0 saturated heterocycles. The molecule has 18 heavy (non-hydrogen) atoms. The third-order valence-corrected chi connectivity index (χ3v) is 4.64. The van der Waals surface area contributed by atoms with Gasteiger partial charge in [-0.15, -0.1) is 11.8 Å². The minimum absolute atomic E-state index is 0.00186. The first-order chi connectivity index (χ1) is 8.25. The van der Waals surface area contributed by atoms with Crippen molar-refractivity contribution in [2.24, 2.45) is 11.1 Å². The number of thioether (sulfide) groups is 1. The van der Waals surface area contributed by atoms with Gasteiger partial charge in [0.25, 0.3) is 0 Å². The van der Waals surface area contributed by atoms with Gasteiger partial charge in [0.1, 0.15) is 0 Å². The molecule has 0 bridgehead atoms. The van der Waals surface area contributed by atoms with E-state index in [-0.39, 0.29) is 23.3 Å². The van der Waals surface area contributed by atoms with Gasteiger partial charge in [0.05, 0.1) is 6.61 Å². The summed E-state index contributed by atoms with van der Waals surface area (Å²) in [4.78, 5) is 1.22. The van der Waals surface area contributed by atoms with E-state index in [2.05, 4.69) is 52.8 Å². The second-order valence-corrected chi connectivity index (χ2v) is 7.28. The van der Waals surface area contributed by atoms with E-state index >= 15 is 0 Å². The molecule has 2 unspecified atom stereocenters. The Hall–Kier alpha value is -0.510. The van der Waals surface area contributed by atoms with Gasteiger partial charge in [-0.2, -0.15) is 0 Å². The molecule has 0 saturated carbocycles. The van der Waals surface area contributed by atoms with Crippen molar-refractivity contribution in [3.8, 4) is 0 Å². The molecule has 1 rings (SSSR count). The second kappa shape index (κ2) is 6.09. The first kappa shape index (κ1) is 15.5. The smallest absolute Gasteiger partial charge is 0.0568 e. The number of hydrogen-bond donors (Lipinski definition) is 2. The van der Waals surface area contributed by atoms with E-state index in [1.807, 2.05) is 0 Å². The summed E-state index contributed by atoms with van der Waals surface area (Å²) in [5, 5.41) is 9.61. The van der Waals surface area contributed by atoms with E-state index in [0.717, 1.165) is 0 Å². The van der Waals surface area contributed by atoms with Crippen molar-refractivity contribution < 1.29 is 5.11 Å². The Kier molecular flexibility index (Phi) is 5.26. The summed E-state index contributed by atoms with van der Waals surface area (Å²) in [5.41, 5.74) is 8.74. The summed E-state index contributed by atoms with van der Waals surface area (Å²) in [6.45, 7) is 10.6. The van der Waals surface area contributed by atoms with Gasteiger partial charge in [-0.3, -0.25) is 0 Å². The minimum Gasteiger partial charge on any atom is -0.395 e. The van der Waals surface area contributed by atoms with Crippen molar-refractivity contribution >= 4 is 11.8 Å². The molecule has 0 heterocycles. The number of aryl methyl sites for hydroxylation is 2. The first-order valence-electron chi connectivity index (χ1n) is 6.36. The number of hydrogen-bond acceptors (Lipinski definition) is 3. The quantitative estimate of drug-likeness (QED) is 0.824. The highest BCUT2D eigenvalue weighted by molar-refractivity contribution is 8.00. The molecule has 0 aromatic heterocycles. The van der Waals surface area contributed by atoms with Gasteiger partial charge < -0.3 is 10.8 Å². The zero-order valence-corrected chi connectivity index (χ0v) is 12.8. The van der Waals surface area contributed by atoms with Crippen LogP contribution in [-0.2, 0) is 0 Å². The average Bonchev–Trinajstić information content (AvgIpc) is 2.28. The Morgan fingerprint density at radius 3 is 2.39 bits per heavy atom. The van der Waals surface area contributed by atoms with Crippen LogP contribution in [0.3, 0.4) is 0 Å². The fourth-order valence-corrected chi connectivity index (χ4v) is 3.24. The maximum atomic E-state index is 9.58. The molecule has 102 valence electrons. The Balaban J connectivity index is 2.89. The Morgan fingerprint density at radius 2 is 1.89 bits per heavy atom. The van der Waals surface area contributed by atoms with Crippen molar-refractivity contribution in [1.29, 1.82) is 0 Å². The molecule has 2 nitrogen and oxygen atoms in total. The predicted octanol–water partition coefficient (Wildman–Crippen LogP) is 3.13. The molecule has 0 aliphatic carbocycles. The van der Waals surface area contributed by atoms with Crippen molar-refractivity contribution in [2.75, 3.05) is 6.61 Å². The van der Waals surface area contributed by atoms with E-state index in [0.29, 0.717) is 0 Å². The van der Waals surface area contributed by atoms with Gasteiger partial charge in [0.2, 0.25) is 0 Å². The third kappa shape index (κ3) is 4.01. The van der Waals surface area contributed by atoms with Gasteiger partial charge in [-0.25, -0.2) is 0 Å². The van der Waals surface area contributed by atoms with Crippen LogP contribution in [0, 0.1) is 19.3 Å². The summed E-state index contributed by atoms with van der Waals surface area (Å²) in [6.07, 6.45) is 0. The molecule has 1 aromatic carbocycles. The molecule has 0 spiro atoms. The lowest BCUT2D eigenvalue weighted by atomic mass is 9.85. The highest BCUT2D eigenvalue weighted by Crippen LogP contribution is 2.33. The maximum absolute atomic E-state index is 9.58. The van der Waals surface area contributed by atoms with Gasteiger partial charge >= 0.3 is 0 Å². The zero-order chi connectivity index (χ0) is 13.9. The standard InChI is InChI=1S/C15H25NOS/c1-10-6-7-11(2)12(8-10)18-13(9-17)14(16)15(3,4)5/h6-8,13-14,17H,9,16H2,1-5H3. The molecule has 3 N–H and O–H groups in total. The lowest BCUT2D eigenvalue weighted by molar-refractivity contribution is 0.233. The van der Waals surface area contributed by atoms with Crippen molar-refractivity contribution in [1.82, 2.24) is 0 Å². The summed E-state index contributed by atoms with van der Waals surface area (Å²) < 4.78 is 0. The van der Waals surface area contributed by atoms with E-state index in [1.54, 1.807) is 11.8 Å². The van der Waals surface area contributed by atoms with Crippen LogP contribution in [0.5, 0.6) is 0 Å². The highest BCUT2D eigenvalue weighted by Gasteiger charge is 2.29.